The van der Waals surface area contributed by atoms with Crippen molar-refractivity contribution in [3.8, 4) is 0 Å². The molecule has 0 bridgehead atoms. The third-order valence-corrected chi connectivity index (χ3v) is 3.84. The van der Waals surface area contributed by atoms with Gasteiger partial charge in [0.05, 0.1) is 30.3 Å². The summed E-state index contributed by atoms with van der Waals surface area (Å²) in [5, 5.41) is 41.7. The van der Waals surface area contributed by atoms with Crippen LogP contribution in [0.4, 0.5) is 0 Å². The van der Waals surface area contributed by atoms with Crippen LogP contribution in [0.15, 0.2) is 0 Å². The Balaban J connectivity index is 2.50. The standard InChI is InChI=1S/C14H27NO6/c1-13(2,3)12(20)21-6-4-5-14(8-16)11(19)10(18)9(17)7-15-14/h9-11,15-19H,4-8H2,1-3H3/t9-,10+,11-,14+/m0/s1. The van der Waals surface area contributed by atoms with Gasteiger partial charge in [-0.25, -0.2) is 0 Å². The van der Waals surface area contributed by atoms with Crippen molar-refractivity contribution in [2.24, 2.45) is 5.41 Å². The van der Waals surface area contributed by atoms with Crippen molar-refractivity contribution in [3.63, 3.8) is 0 Å². The molecule has 0 saturated carbocycles. The Kier molecular flexibility index (Phi) is 6.12. The maximum Gasteiger partial charge on any atom is 0.311 e. The van der Waals surface area contributed by atoms with Gasteiger partial charge in [0.1, 0.15) is 12.2 Å². The predicted molar refractivity (Wildman–Crippen MR) is 75.5 cm³/mol. The third-order valence-electron chi connectivity index (χ3n) is 3.84. The van der Waals surface area contributed by atoms with Gasteiger partial charge < -0.3 is 30.5 Å². The van der Waals surface area contributed by atoms with Gasteiger partial charge in [0.25, 0.3) is 0 Å². The highest BCUT2D eigenvalue weighted by Crippen LogP contribution is 2.25. The summed E-state index contributed by atoms with van der Waals surface area (Å²) in [4.78, 5) is 11.6. The zero-order valence-corrected chi connectivity index (χ0v) is 12.9. The summed E-state index contributed by atoms with van der Waals surface area (Å²) in [6.45, 7) is 5.15. The van der Waals surface area contributed by atoms with Crippen LogP contribution in [0.25, 0.3) is 0 Å². The van der Waals surface area contributed by atoms with Crippen molar-refractivity contribution in [1.29, 1.82) is 0 Å². The van der Waals surface area contributed by atoms with Gasteiger partial charge in [-0.2, -0.15) is 0 Å². The Labute approximate surface area is 124 Å². The molecule has 1 aliphatic heterocycles. The second-order valence-electron chi connectivity index (χ2n) is 6.69. The second kappa shape index (κ2) is 7.02. The number of hydrogen-bond donors (Lipinski definition) is 5. The lowest BCUT2D eigenvalue weighted by Gasteiger charge is -2.45. The molecular weight excluding hydrogens is 278 g/mol. The molecule has 5 N–H and O–H groups in total. The van der Waals surface area contributed by atoms with Crippen LogP contribution in [0.2, 0.25) is 0 Å². The van der Waals surface area contributed by atoms with Gasteiger partial charge >= 0.3 is 5.97 Å². The van der Waals surface area contributed by atoms with Gasteiger partial charge in [-0.15, -0.1) is 0 Å². The summed E-state index contributed by atoms with van der Waals surface area (Å²) < 4.78 is 5.13. The molecule has 0 aromatic heterocycles. The normalized spacial score (nSPS) is 33.8. The number of aliphatic hydroxyl groups excluding tert-OH is 4. The molecule has 0 unspecified atom stereocenters. The summed E-state index contributed by atoms with van der Waals surface area (Å²) in [6.07, 6.45) is -2.93. The fourth-order valence-electron chi connectivity index (χ4n) is 2.30. The van der Waals surface area contributed by atoms with Crippen LogP contribution in [0, 0.1) is 5.41 Å². The lowest BCUT2D eigenvalue weighted by molar-refractivity contribution is -0.154. The van der Waals surface area contributed by atoms with Crippen LogP contribution in [-0.4, -0.2) is 70.0 Å². The Morgan fingerprint density at radius 2 is 1.95 bits per heavy atom. The van der Waals surface area contributed by atoms with E-state index in [-0.39, 0.29) is 25.7 Å². The van der Waals surface area contributed by atoms with Crippen LogP contribution in [0.1, 0.15) is 33.6 Å². The fraction of sp³-hybridized carbons (Fsp3) is 0.929. The maximum absolute atomic E-state index is 11.6. The van der Waals surface area contributed by atoms with E-state index in [4.69, 9.17) is 4.74 Å². The highest BCUT2D eigenvalue weighted by atomic mass is 16.5. The quantitative estimate of drug-likeness (QED) is 0.319. The minimum absolute atomic E-state index is 0.0839. The highest BCUT2D eigenvalue weighted by Gasteiger charge is 2.47. The molecule has 1 heterocycles. The number of carbonyl (C=O) groups excluding carboxylic acids is 1. The molecule has 4 atom stereocenters. The van der Waals surface area contributed by atoms with E-state index < -0.39 is 29.3 Å². The first-order chi connectivity index (χ1) is 9.64. The SMILES string of the molecule is CC(C)(C)C(=O)OCCC[C@]1(CO)NC[C@H](O)[C@@H](O)[C@@H]1O. The van der Waals surface area contributed by atoms with Gasteiger partial charge in [-0.05, 0) is 33.6 Å². The van der Waals surface area contributed by atoms with Crippen LogP contribution < -0.4 is 5.32 Å². The fourth-order valence-corrected chi connectivity index (χ4v) is 2.30. The Bertz CT molecular complexity index is 356. The second-order valence-corrected chi connectivity index (χ2v) is 6.69. The summed E-state index contributed by atoms with van der Waals surface area (Å²) >= 11 is 0. The number of esters is 1. The molecule has 1 fully saturated rings. The van der Waals surface area contributed by atoms with Gasteiger partial charge in [0, 0.05) is 6.54 Å². The van der Waals surface area contributed by atoms with E-state index >= 15 is 0 Å². The number of carbonyl (C=O) groups is 1. The largest absolute Gasteiger partial charge is 0.465 e. The van der Waals surface area contributed by atoms with Crippen molar-refractivity contribution >= 4 is 5.97 Å². The summed E-state index contributed by atoms with van der Waals surface area (Å²) in [6, 6.07) is 0. The minimum Gasteiger partial charge on any atom is -0.465 e. The average Bonchev–Trinajstić information content (AvgIpc) is 2.42. The monoisotopic (exact) mass is 305 g/mol. The molecule has 1 rings (SSSR count). The number of piperidine rings is 1. The summed E-state index contributed by atoms with van der Waals surface area (Å²) in [7, 11) is 0. The van der Waals surface area contributed by atoms with Gasteiger partial charge in [0.2, 0.25) is 0 Å². The third kappa shape index (κ3) is 4.37. The van der Waals surface area contributed by atoms with Crippen molar-refractivity contribution in [2.45, 2.75) is 57.5 Å². The number of hydrogen-bond acceptors (Lipinski definition) is 7. The van der Waals surface area contributed by atoms with E-state index in [1.165, 1.54) is 0 Å². The molecule has 0 radical (unpaired) electrons. The van der Waals surface area contributed by atoms with Crippen LogP contribution in [0.5, 0.6) is 0 Å². The van der Waals surface area contributed by atoms with Crippen molar-refractivity contribution in [3.05, 3.63) is 0 Å². The first-order valence-electron chi connectivity index (χ1n) is 7.21. The lowest BCUT2D eigenvalue weighted by atomic mass is 9.80. The highest BCUT2D eigenvalue weighted by molar-refractivity contribution is 5.75. The van der Waals surface area contributed by atoms with Crippen molar-refractivity contribution in [1.82, 2.24) is 5.32 Å². The van der Waals surface area contributed by atoms with Crippen LogP contribution in [-0.2, 0) is 9.53 Å². The molecule has 0 aromatic rings. The summed E-state index contributed by atoms with van der Waals surface area (Å²) in [5.74, 6) is -0.312. The van der Waals surface area contributed by atoms with E-state index in [0.717, 1.165) is 0 Å². The van der Waals surface area contributed by atoms with Crippen LogP contribution >= 0.6 is 0 Å². The maximum atomic E-state index is 11.6. The topological polar surface area (TPSA) is 119 Å². The molecule has 0 aliphatic carbocycles. The Morgan fingerprint density at radius 3 is 2.48 bits per heavy atom. The predicted octanol–water partition coefficient (Wildman–Crippen LogP) is -1.23. The number of β-amino-alcohol motifs (C(OH)–C–C–N with tert-alkyl or cyclic N) is 1. The molecule has 0 spiro atoms. The van der Waals surface area contributed by atoms with Crippen molar-refractivity contribution in [2.75, 3.05) is 19.8 Å². The van der Waals surface area contributed by atoms with E-state index in [1.54, 1.807) is 20.8 Å². The van der Waals surface area contributed by atoms with Gasteiger partial charge in [0.15, 0.2) is 0 Å². The lowest BCUT2D eigenvalue weighted by Crippen LogP contribution is -2.69. The van der Waals surface area contributed by atoms with E-state index in [0.29, 0.717) is 12.8 Å². The number of ether oxygens (including phenoxy) is 1. The van der Waals surface area contributed by atoms with Gasteiger partial charge in [-0.3, -0.25) is 4.79 Å². The Morgan fingerprint density at radius 1 is 1.33 bits per heavy atom. The first kappa shape index (κ1) is 18.3. The number of rotatable bonds is 5. The number of nitrogens with one attached hydrogen (secondary N) is 1. The molecule has 0 amide bonds. The van der Waals surface area contributed by atoms with Crippen LogP contribution in [0.3, 0.4) is 0 Å². The zero-order valence-electron chi connectivity index (χ0n) is 12.9. The molecular formula is C14H27NO6. The average molecular weight is 305 g/mol. The molecule has 1 aliphatic rings. The molecule has 124 valence electrons. The molecule has 21 heavy (non-hydrogen) atoms. The molecule has 7 heteroatoms. The van der Waals surface area contributed by atoms with Crippen molar-refractivity contribution < 1.29 is 30.0 Å². The minimum atomic E-state index is -1.31. The van der Waals surface area contributed by atoms with Gasteiger partial charge in [-0.1, -0.05) is 0 Å². The van der Waals surface area contributed by atoms with E-state index in [9.17, 15) is 25.2 Å². The van der Waals surface area contributed by atoms with E-state index in [2.05, 4.69) is 5.32 Å². The zero-order chi connectivity index (χ0) is 16.3. The Hall–Kier alpha value is -0.730. The molecule has 0 aromatic carbocycles. The summed E-state index contributed by atoms with van der Waals surface area (Å²) in [5.41, 5.74) is -1.66. The number of aliphatic hydroxyl groups is 4. The first-order valence-corrected chi connectivity index (χ1v) is 7.21. The molecule has 1 saturated heterocycles. The van der Waals surface area contributed by atoms with E-state index in [1.807, 2.05) is 0 Å². The smallest absolute Gasteiger partial charge is 0.311 e. The molecule has 7 nitrogen and oxygen atoms in total.